The van der Waals surface area contributed by atoms with E-state index in [1.54, 1.807) is 0 Å². The van der Waals surface area contributed by atoms with Gasteiger partial charge in [0.25, 0.3) is 0 Å². The van der Waals surface area contributed by atoms with E-state index in [-0.39, 0.29) is 5.92 Å². The van der Waals surface area contributed by atoms with Crippen molar-refractivity contribution in [3.63, 3.8) is 0 Å². The van der Waals surface area contributed by atoms with E-state index in [9.17, 15) is 10.5 Å². The molecular weight excluding hydrogens is 356 g/mol. The molecule has 0 radical (unpaired) electrons. The van der Waals surface area contributed by atoms with Gasteiger partial charge in [0.2, 0.25) is 0 Å². The van der Waals surface area contributed by atoms with Crippen molar-refractivity contribution in [2.24, 2.45) is 0 Å². The fraction of sp³-hybridized carbons (Fsp3) is 0.0400. The van der Waals surface area contributed by atoms with Gasteiger partial charge in [-0.1, -0.05) is 30.3 Å². The lowest BCUT2D eigenvalue weighted by Crippen LogP contribution is -2.02. The summed E-state index contributed by atoms with van der Waals surface area (Å²) in [5.74, 6) is -0.0402. The third-order valence-electron chi connectivity index (χ3n) is 5.44. The number of benzene rings is 3. The third kappa shape index (κ3) is 2.76. The summed E-state index contributed by atoms with van der Waals surface area (Å²) in [4.78, 5) is 6.70. The van der Waals surface area contributed by atoms with Gasteiger partial charge in [-0.05, 0) is 53.1 Å². The third-order valence-corrected chi connectivity index (χ3v) is 5.44. The molecule has 0 spiro atoms. The smallest absolute Gasteiger partial charge is 0.0991 e. The van der Waals surface area contributed by atoms with Crippen molar-refractivity contribution in [2.45, 2.75) is 5.92 Å². The zero-order chi connectivity index (χ0) is 19.8. The van der Waals surface area contributed by atoms with E-state index < -0.39 is 0 Å². The summed E-state index contributed by atoms with van der Waals surface area (Å²) in [6, 6.07) is 26.2. The summed E-state index contributed by atoms with van der Waals surface area (Å²) in [7, 11) is 0. The Kier molecular flexibility index (Phi) is 3.90. The number of rotatable bonds is 3. The zero-order valence-corrected chi connectivity index (χ0v) is 15.5. The molecule has 5 aromatic rings. The average molecular weight is 372 g/mol. The summed E-state index contributed by atoms with van der Waals surface area (Å²) in [6.07, 6.45) is 4.05. The lowest BCUT2D eigenvalue weighted by Gasteiger charge is -2.17. The molecule has 0 aliphatic rings. The van der Waals surface area contributed by atoms with Crippen LogP contribution in [-0.4, -0.2) is 9.97 Å². The minimum Gasteiger partial charge on any atom is -0.361 e. The molecule has 0 amide bonds. The van der Waals surface area contributed by atoms with Crippen LogP contribution in [-0.2, 0) is 0 Å². The Morgan fingerprint density at radius 1 is 0.655 bits per heavy atom. The van der Waals surface area contributed by atoms with E-state index in [1.165, 1.54) is 0 Å². The standard InChI is InChI=1S/C25H16N4/c26-12-16-6-8-23-19(10-16)21(14-28-23)25(18-4-2-1-3-5-18)22-15-29-24-9-7-17(13-27)11-20(22)24/h1-11,14-15,25,28-29H. The minimum atomic E-state index is -0.0402. The van der Waals surface area contributed by atoms with Crippen LogP contribution in [0.5, 0.6) is 0 Å². The summed E-state index contributed by atoms with van der Waals surface area (Å²) in [5.41, 5.74) is 6.62. The number of hydrogen-bond acceptors (Lipinski definition) is 2. The largest absolute Gasteiger partial charge is 0.361 e. The van der Waals surface area contributed by atoms with Gasteiger partial charge in [-0.15, -0.1) is 0 Å². The van der Waals surface area contributed by atoms with Gasteiger partial charge in [0, 0.05) is 40.1 Å². The number of fused-ring (bicyclic) bond motifs is 2. The van der Waals surface area contributed by atoms with Crippen LogP contribution in [0.4, 0.5) is 0 Å². The molecule has 5 rings (SSSR count). The fourth-order valence-electron chi connectivity index (χ4n) is 4.07. The van der Waals surface area contributed by atoms with Crippen molar-refractivity contribution < 1.29 is 0 Å². The highest BCUT2D eigenvalue weighted by molar-refractivity contribution is 5.90. The molecule has 0 unspecified atom stereocenters. The number of nitriles is 2. The molecule has 0 saturated heterocycles. The highest BCUT2D eigenvalue weighted by Crippen LogP contribution is 2.39. The Morgan fingerprint density at radius 3 is 1.66 bits per heavy atom. The average Bonchev–Trinajstić information content (AvgIpc) is 3.39. The maximum atomic E-state index is 9.37. The second kappa shape index (κ2) is 6.71. The molecule has 2 aromatic heterocycles. The lowest BCUT2D eigenvalue weighted by molar-refractivity contribution is 0.998. The van der Waals surface area contributed by atoms with Crippen molar-refractivity contribution in [3.8, 4) is 12.1 Å². The van der Waals surface area contributed by atoms with Gasteiger partial charge >= 0.3 is 0 Å². The molecule has 136 valence electrons. The van der Waals surface area contributed by atoms with Crippen LogP contribution in [0, 0.1) is 22.7 Å². The van der Waals surface area contributed by atoms with Crippen LogP contribution in [0.15, 0.2) is 79.1 Å². The predicted octanol–water partition coefficient (Wildman–Crippen LogP) is 5.57. The molecular formula is C25H16N4. The van der Waals surface area contributed by atoms with Crippen molar-refractivity contribution in [1.29, 1.82) is 10.5 Å². The maximum Gasteiger partial charge on any atom is 0.0991 e. The number of hydrogen-bond donors (Lipinski definition) is 2. The molecule has 4 heteroatoms. The SMILES string of the molecule is N#Cc1ccc2[nH]cc(C(c3ccccc3)c3c[nH]c4ccc(C#N)cc34)c2c1. The van der Waals surface area contributed by atoms with Crippen LogP contribution < -0.4 is 0 Å². The molecule has 2 heterocycles. The van der Waals surface area contributed by atoms with E-state index in [0.717, 1.165) is 38.5 Å². The molecule has 0 saturated carbocycles. The molecule has 0 fully saturated rings. The minimum absolute atomic E-state index is 0.0402. The first-order valence-corrected chi connectivity index (χ1v) is 9.35. The Balaban J connectivity index is 1.81. The van der Waals surface area contributed by atoms with Crippen LogP contribution in [0.25, 0.3) is 21.8 Å². The molecule has 3 aromatic carbocycles. The van der Waals surface area contributed by atoms with Crippen LogP contribution in [0.2, 0.25) is 0 Å². The second-order valence-electron chi connectivity index (χ2n) is 7.08. The van der Waals surface area contributed by atoms with E-state index in [4.69, 9.17) is 0 Å². The molecule has 0 bridgehead atoms. The molecule has 0 atom stereocenters. The molecule has 2 N–H and O–H groups in total. The molecule has 4 nitrogen and oxygen atoms in total. The molecule has 0 aliphatic heterocycles. The Bertz CT molecular complexity index is 1330. The van der Waals surface area contributed by atoms with Crippen molar-refractivity contribution in [2.75, 3.05) is 0 Å². The van der Waals surface area contributed by atoms with Crippen molar-refractivity contribution >= 4 is 21.8 Å². The van der Waals surface area contributed by atoms with Crippen LogP contribution in [0.1, 0.15) is 33.7 Å². The summed E-state index contributed by atoms with van der Waals surface area (Å²) in [5, 5.41) is 20.8. The van der Waals surface area contributed by atoms with Gasteiger partial charge in [0.05, 0.1) is 23.3 Å². The highest BCUT2D eigenvalue weighted by atomic mass is 14.7. The maximum absolute atomic E-state index is 9.37. The Labute approximate surface area is 167 Å². The van der Waals surface area contributed by atoms with Gasteiger partial charge in [0.15, 0.2) is 0 Å². The fourth-order valence-corrected chi connectivity index (χ4v) is 4.07. The highest BCUT2D eigenvalue weighted by Gasteiger charge is 2.23. The number of nitrogens with zero attached hydrogens (tertiary/aromatic N) is 2. The van der Waals surface area contributed by atoms with Gasteiger partial charge in [-0.25, -0.2) is 0 Å². The summed E-state index contributed by atoms with van der Waals surface area (Å²) < 4.78 is 0. The van der Waals surface area contributed by atoms with Gasteiger partial charge in [-0.3, -0.25) is 0 Å². The second-order valence-corrected chi connectivity index (χ2v) is 7.08. The quantitative estimate of drug-likeness (QED) is 0.434. The molecule has 0 aliphatic carbocycles. The van der Waals surface area contributed by atoms with E-state index >= 15 is 0 Å². The van der Waals surface area contributed by atoms with Crippen molar-refractivity contribution in [3.05, 3.63) is 107 Å². The van der Waals surface area contributed by atoms with Crippen LogP contribution >= 0.6 is 0 Å². The van der Waals surface area contributed by atoms with Gasteiger partial charge < -0.3 is 9.97 Å². The first-order chi connectivity index (χ1) is 14.3. The predicted molar refractivity (Wildman–Crippen MR) is 113 cm³/mol. The summed E-state index contributed by atoms with van der Waals surface area (Å²) in [6.45, 7) is 0. The van der Waals surface area contributed by atoms with Crippen LogP contribution in [0.3, 0.4) is 0 Å². The monoisotopic (exact) mass is 372 g/mol. The number of aromatic nitrogens is 2. The van der Waals surface area contributed by atoms with Gasteiger partial charge in [-0.2, -0.15) is 10.5 Å². The first kappa shape index (κ1) is 16.9. The van der Waals surface area contributed by atoms with Crippen molar-refractivity contribution in [1.82, 2.24) is 9.97 Å². The molecule has 29 heavy (non-hydrogen) atoms. The topological polar surface area (TPSA) is 79.2 Å². The Hall–Kier alpha value is -4.28. The lowest BCUT2D eigenvalue weighted by atomic mass is 9.84. The van der Waals surface area contributed by atoms with E-state index in [0.29, 0.717) is 11.1 Å². The zero-order valence-electron chi connectivity index (χ0n) is 15.5. The van der Waals surface area contributed by atoms with E-state index in [2.05, 4.69) is 34.2 Å². The number of aromatic amines is 2. The Morgan fingerprint density at radius 2 is 1.17 bits per heavy atom. The number of H-pyrrole nitrogens is 2. The first-order valence-electron chi connectivity index (χ1n) is 9.35. The normalized spacial score (nSPS) is 11.0. The number of nitrogens with one attached hydrogen (secondary N) is 2. The van der Waals surface area contributed by atoms with Gasteiger partial charge in [0.1, 0.15) is 0 Å². The summed E-state index contributed by atoms with van der Waals surface area (Å²) >= 11 is 0. The van der Waals surface area contributed by atoms with E-state index in [1.807, 2.05) is 67.0 Å².